The SMILES string of the molecule is Cc1cc2nc(CCCN)n(Cc3ccccc3F)c2cc1C. The average molecular weight is 311 g/mol. The fraction of sp³-hybridized carbons (Fsp3) is 0.316. The second kappa shape index (κ2) is 6.50. The molecule has 0 fully saturated rings. The van der Waals surface area contributed by atoms with E-state index in [4.69, 9.17) is 10.7 Å². The molecule has 0 unspecified atom stereocenters. The quantitative estimate of drug-likeness (QED) is 0.780. The Morgan fingerprint density at radius 3 is 2.61 bits per heavy atom. The molecular weight excluding hydrogens is 289 g/mol. The van der Waals surface area contributed by atoms with E-state index in [0.29, 0.717) is 18.7 Å². The monoisotopic (exact) mass is 311 g/mol. The van der Waals surface area contributed by atoms with E-state index in [2.05, 4.69) is 30.5 Å². The number of benzene rings is 2. The minimum Gasteiger partial charge on any atom is -0.330 e. The summed E-state index contributed by atoms with van der Waals surface area (Å²) >= 11 is 0. The molecule has 0 radical (unpaired) electrons. The van der Waals surface area contributed by atoms with Crippen LogP contribution in [0.3, 0.4) is 0 Å². The number of hydrogen-bond acceptors (Lipinski definition) is 2. The Hall–Kier alpha value is -2.20. The second-order valence-electron chi connectivity index (χ2n) is 6.02. The van der Waals surface area contributed by atoms with Crippen LogP contribution in [-0.2, 0) is 13.0 Å². The average Bonchev–Trinajstić information content (AvgIpc) is 2.85. The van der Waals surface area contributed by atoms with Gasteiger partial charge >= 0.3 is 0 Å². The molecule has 1 heterocycles. The fourth-order valence-corrected chi connectivity index (χ4v) is 2.85. The number of fused-ring (bicyclic) bond motifs is 1. The molecule has 23 heavy (non-hydrogen) atoms. The van der Waals surface area contributed by atoms with Crippen molar-refractivity contribution >= 4 is 11.0 Å². The number of halogens is 1. The van der Waals surface area contributed by atoms with Crippen LogP contribution in [0, 0.1) is 19.7 Å². The van der Waals surface area contributed by atoms with E-state index in [-0.39, 0.29) is 5.82 Å². The lowest BCUT2D eigenvalue weighted by Gasteiger charge is -2.11. The maximum absolute atomic E-state index is 14.1. The van der Waals surface area contributed by atoms with Gasteiger partial charge in [-0.15, -0.1) is 0 Å². The lowest BCUT2D eigenvalue weighted by Crippen LogP contribution is -2.09. The van der Waals surface area contributed by atoms with Crippen LogP contribution in [0.5, 0.6) is 0 Å². The summed E-state index contributed by atoms with van der Waals surface area (Å²) in [7, 11) is 0. The summed E-state index contributed by atoms with van der Waals surface area (Å²) in [6, 6.07) is 11.2. The van der Waals surface area contributed by atoms with Gasteiger partial charge in [0.05, 0.1) is 17.6 Å². The highest BCUT2D eigenvalue weighted by molar-refractivity contribution is 5.78. The zero-order valence-corrected chi connectivity index (χ0v) is 13.6. The summed E-state index contributed by atoms with van der Waals surface area (Å²) < 4.78 is 16.2. The van der Waals surface area contributed by atoms with Crippen LogP contribution in [0.2, 0.25) is 0 Å². The Morgan fingerprint density at radius 2 is 1.87 bits per heavy atom. The Labute approximate surface area is 136 Å². The molecule has 0 saturated carbocycles. The van der Waals surface area contributed by atoms with Crippen molar-refractivity contribution in [2.24, 2.45) is 5.73 Å². The van der Waals surface area contributed by atoms with Crippen molar-refractivity contribution in [3.05, 3.63) is 64.7 Å². The molecule has 2 N–H and O–H groups in total. The highest BCUT2D eigenvalue weighted by Gasteiger charge is 2.13. The van der Waals surface area contributed by atoms with Crippen molar-refractivity contribution < 1.29 is 4.39 Å². The largest absolute Gasteiger partial charge is 0.330 e. The van der Waals surface area contributed by atoms with Crippen LogP contribution in [-0.4, -0.2) is 16.1 Å². The number of aryl methyl sites for hydroxylation is 3. The van der Waals surface area contributed by atoms with E-state index in [9.17, 15) is 4.39 Å². The van der Waals surface area contributed by atoms with Crippen LogP contribution in [0.25, 0.3) is 11.0 Å². The molecule has 0 aliphatic heterocycles. The normalized spacial score (nSPS) is 11.3. The Morgan fingerprint density at radius 1 is 1.13 bits per heavy atom. The van der Waals surface area contributed by atoms with Crippen LogP contribution in [0.1, 0.15) is 28.9 Å². The van der Waals surface area contributed by atoms with Crippen LogP contribution >= 0.6 is 0 Å². The van der Waals surface area contributed by atoms with E-state index < -0.39 is 0 Å². The molecule has 0 amide bonds. The first-order chi connectivity index (χ1) is 11.1. The van der Waals surface area contributed by atoms with E-state index in [1.165, 1.54) is 17.2 Å². The highest BCUT2D eigenvalue weighted by Crippen LogP contribution is 2.23. The first-order valence-corrected chi connectivity index (χ1v) is 8.00. The van der Waals surface area contributed by atoms with Gasteiger partial charge in [0, 0.05) is 12.0 Å². The van der Waals surface area contributed by atoms with Gasteiger partial charge in [-0.1, -0.05) is 18.2 Å². The minimum absolute atomic E-state index is 0.178. The zero-order valence-electron chi connectivity index (χ0n) is 13.6. The Balaban J connectivity index is 2.11. The number of imidazole rings is 1. The minimum atomic E-state index is -0.178. The van der Waals surface area contributed by atoms with Crippen LogP contribution < -0.4 is 5.73 Å². The number of hydrogen-bond donors (Lipinski definition) is 1. The van der Waals surface area contributed by atoms with Crippen molar-refractivity contribution in [2.45, 2.75) is 33.2 Å². The molecular formula is C19H22FN3. The standard InChI is InChI=1S/C19H22FN3/c1-13-10-17-18(11-14(13)2)23(19(22-17)8-5-9-21)12-15-6-3-4-7-16(15)20/h3-4,6-7,10-11H,5,8-9,12,21H2,1-2H3. The maximum atomic E-state index is 14.1. The lowest BCUT2D eigenvalue weighted by molar-refractivity contribution is 0.595. The molecule has 0 aliphatic rings. The smallest absolute Gasteiger partial charge is 0.128 e. The molecule has 3 rings (SSSR count). The third kappa shape index (κ3) is 3.13. The highest BCUT2D eigenvalue weighted by atomic mass is 19.1. The van der Waals surface area contributed by atoms with Gasteiger partial charge in [-0.05, 0) is 56.1 Å². The van der Waals surface area contributed by atoms with E-state index in [1.54, 1.807) is 6.07 Å². The molecule has 3 nitrogen and oxygen atoms in total. The molecule has 0 saturated heterocycles. The molecule has 0 aliphatic carbocycles. The lowest BCUT2D eigenvalue weighted by atomic mass is 10.1. The Bertz CT molecular complexity index is 836. The van der Waals surface area contributed by atoms with Gasteiger partial charge in [0.25, 0.3) is 0 Å². The van der Waals surface area contributed by atoms with Gasteiger partial charge in [-0.25, -0.2) is 9.37 Å². The summed E-state index contributed by atoms with van der Waals surface area (Å²) in [5, 5.41) is 0. The molecule has 0 spiro atoms. The summed E-state index contributed by atoms with van der Waals surface area (Å²) in [5.41, 5.74) is 10.8. The first-order valence-electron chi connectivity index (χ1n) is 8.00. The first kappa shape index (κ1) is 15.7. The van der Waals surface area contributed by atoms with Crippen molar-refractivity contribution in [3.8, 4) is 0 Å². The van der Waals surface area contributed by atoms with Gasteiger partial charge in [-0.2, -0.15) is 0 Å². The molecule has 0 bridgehead atoms. The van der Waals surface area contributed by atoms with E-state index in [0.717, 1.165) is 29.7 Å². The number of rotatable bonds is 5. The van der Waals surface area contributed by atoms with Crippen molar-refractivity contribution in [1.29, 1.82) is 0 Å². The predicted molar refractivity (Wildman–Crippen MR) is 92.1 cm³/mol. The van der Waals surface area contributed by atoms with Gasteiger partial charge in [0.1, 0.15) is 11.6 Å². The van der Waals surface area contributed by atoms with Crippen molar-refractivity contribution in [3.63, 3.8) is 0 Å². The molecule has 2 aromatic carbocycles. The molecule has 0 atom stereocenters. The molecule has 4 heteroatoms. The van der Waals surface area contributed by atoms with Crippen molar-refractivity contribution in [2.75, 3.05) is 6.54 Å². The number of aromatic nitrogens is 2. The molecule has 3 aromatic rings. The second-order valence-corrected chi connectivity index (χ2v) is 6.02. The van der Waals surface area contributed by atoms with Gasteiger partial charge in [0.2, 0.25) is 0 Å². The van der Waals surface area contributed by atoms with Gasteiger partial charge in [-0.3, -0.25) is 0 Å². The zero-order chi connectivity index (χ0) is 16.4. The third-order valence-electron chi connectivity index (χ3n) is 4.33. The van der Waals surface area contributed by atoms with E-state index >= 15 is 0 Å². The van der Waals surface area contributed by atoms with E-state index in [1.807, 2.05) is 12.1 Å². The summed E-state index contributed by atoms with van der Waals surface area (Å²) in [6.07, 6.45) is 1.68. The summed E-state index contributed by atoms with van der Waals surface area (Å²) in [4.78, 5) is 4.76. The van der Waals surface area contributed by atoms with Crippen molar-refractivity contribution in [1.82, 2.24) is 9.55 Å². The predicted octanol–water partition coefficient (Wildman–Crippen LogP) is 3.73. The van der Waals surface area contributed by atoms with Crippen LogP contribution in [0.15, 0.2) is 36.4 Å². The maximum Gasteiger partial charge on any atom is 0.128 e. The Kier molecular flexibility index (Phi) is 4.44. The number of nitrogens with zero attached hydrogens (tertiary/aromatic N) is 2. The molecule has 120 valence electrons. The summed E-state index contributed by atoms with van der Waals surface area (Å²) in [5.74, 6) is 0.793. The fourth-order valence-electron chi connectivity index (χ4n) is 2.85. The summed E-state index contributed by atoms with van der Waals surface area (Å²) in [6.45, 7) is 5.30. The number of nitrogens with two attached hydrogens (primary N) is 1. The van der Waals surface area contributed by atoms with Crippen LogP contribution in [0.4, 0.5) is 4.39 Å². The van der Waals surface area contributed by atoms with Gasteiger partial charge < -0.3 is 10.3 Å². The topological polar surface area (TPSA) is 43.8 Å². The third-order valence-corrected chi connectivity index (χ3v) is 4.33. The molecule has 1 aromatic heterocycles. The van der Waals surface area contributed by atoms with Gasteiger partial charge in [0.15, 0.2) is 0 Å².